The summed E-state index contributed by atoms with van der Waals surface area (Å²) in [7, 11) is 3.63. The molecular formula is C12H18N2OS. The lowest BCUT2D eigenvalue weighted by atomic mass is 10.2. The van der Waals surface area contributed by atoms with Crippen LogP contribution < -0.4 is 10.2 Å². The molecule has 0 aliphatic heterocycles. The third kappa shape index (κ3) is 3.79. The van der Waals surface area contributed by atoms with Crippen LogP contribution in [0.25, 0.3) is 0 Å². The summed E-state index contributed by atoms with van der Waals surface area (Å²) in [5.41, 5.74) is 2.32. The number of anilines is 1. The van der Waals surface area contributed by atoms with Crippen LogP contribution in [0.1, 0.15) is 5.56 Å². The van der Waals surface area contributed by atoms with Crippen LogP contribution in [0.4, 0.5) is 5.69 Å². The van der Waals surface area contributed by atoms with Gasteiger partial charge in [0.1, 0.15) is 0 Å². The van der Waals surface area contributed by atoms with Crippen molar-refractivity contribution < 1.29 is 4.74 Å². The van der Waals surface area contributed by atoms with Crippen LogP contribution in [-0.4, -0.2) is 32.4 Å². The zero-order valence-electron chi connectivity index (χ0n) is 9.99. The number of ether oxygens (including phenoxy) is 1. The first kappa shape index (κ1) is 12.9. The van der Waals surface area contributed by atoms with Crippen LogP contribution in [0.5, 0.6) is 0 Å². The Bertz CT molecular complexity index is 355. The van der Waals surface area contributed by atoms with Gasteiger partial charge in [0.2, 0.25) is 0 Å². The van der Waals surface area contributed by atoms with Gasteiger partial charge in [0.25, 0.3) is 0 Å². The van der Waals surface area contributed by atoms with E-state index in [2.05, 4.69) is 24.4 Å². The van der Waals surface area contributed by atoms with Gasteiger partial charge >= 0.3 is 0 Å². The zero-order valence-corrected chi connectivity index (χ0v) is 10.8. The fraction of sp³-hybridized carbons (Fsp3) is 0.417. The Kier molecular flexibility index (Phi) is 5.22. The Balaban J connectivity index is 2.56. The minimum absolute atomic E-state index is 0.655. The highest BCUT2D eigenvalue weighted by Gasteiger charge is 2.05. The number of rotatable bonds is 4. The Morgan fingerprint density at radius 3 is 2.88 bits per heavy atom. The normalized spacial score (nSPS) is 9.94. The first-order valence-electron chi connectivity index (χ1n) is 5.22. The predicted octanol–water partition coefficient (Wildman–Crippen LogP) is 1.95. The fourth-order valence-corrected chi connectivity index (χ4v) is 1.54. The van der Waals surface area contributed by atoms with Crippen LogP contribution in [0, 0.1) is 6.92 Å². The van der Waals surface area contributed by atoms with E-state index in [1.54, 1.807) is 7.11 Å². The lowest BCUT2D eigenvalue weighted by Crippen LogP contribution is -2.38. The lowest BCUT2D eigenvalue weighted by molar-refractivity contribution is 0.204. The quantitative estimate of drug-likeness (QED) is 0.640. The molecule has 0 atom stereocenters. The third-order valence-electron chi connectivity index (χ3n) is 2.28. The number of nitrogens with zero attached hydrogens (tertiary/aromatic N) is 1. The summed E-state index contributed by atoms with van der Waals surface area (Å²) < 4.78 is 4.96. The van der Waals surface area contributed by atoms with Gasteiger partial charge in [-0.15, -0.1) is 0 Å². The second kappa shape index (κ2) is 6.45. The van der Waals surface area contributed by atoms with Crippen molar-refractivity contribution in [3.8, 4) is 0 Å². The summed E-state index contributed by atoms with van der Waals surface area (Å²) in [6.45, 7) is 3.45. The molecule has 0 saturated carbocycles. The molecule has 0 radical (unpaired) electrons. The maximum Gasteiger partial charge on any atom is 0.173 e. The minimum atomic E-state index is 0.655. The smallest absolute Gasteiger partial charge is 0.173 e. The molecule has 0 amide bonds. The molecule has 1 N–H and O–H groups in total. The Morgan fingerprint density at radius 2 is 2.25 bits per heavy atom. The van der Waals surface area contributed by atoms with Crippen molar-refractivity contribution in [3.05, 3.63) is 29.8 Å². The average Bonchev–Trinajstić information content (AvgIpc) is 2.28. The summed E-state index contributed by atoms with van der Waals surface area (Å²) >= 11 is 5.27. The molecule has 0 aromatic heterocycles. The number of nitrogens with one attached hydrogen (secondary N) is 1. The highest BCUT2D eigenvalue weighted by atomic mass is 32.1. The van der Waals surface area contributed by atoms with Gasteiger partial charge in [0, 0.05) is 26.4 Å². The number of thiocarbonyl (C=S) groups is 1. The van der Waals surface area contributed by atoms with Gasteiger partial charge in [-0.3, -0.25) is 0 Å². The second-order valence-electron chi connectivity index (χ2n) is 3.62. The molecule has 0 unspecified atom stereocenters. The van der Waals surface area contributed by atoms with Gasteiger partial charge in [0.15, 0.2) is 5.11 Å². The van der Waals surface area contributed by atoms with E-state index >= 15 is 0 Å². The number of benzene rings is 1. The number of hydrogen-bond acceptors (Lipinski definition) is 2. The van der Waals surface area contributed by atoms with Gasteiger partial charge in [-0.25, -0.2) is 0 Å². The highest BCUT2D eigenvalue weighted by molar-refractivity contribution is 7.80. The van der Waals surface area contributed by atoms with Crippen molar-refractivity contribution >= 4 is 23.0 Å². The van der Waals surface area contributed by atoms with Crippen molar-refractivity contribution in [2.24, 2.45) is 0 Å². The molecular weight excluding hydrogens is 220 g/mol. The van der Waals surface area contributed by atoms with Crippen LogP contribution in [0.3, 0.4) is 0 Å². The Morgan fingerprint density at radius 1 is 1.50 bits per heavy atom. The maximum absolute atomic E-state index is 5.27. The van der Waals surface area contributed by atoms with Gasteiger partial charge < -0.3 is 15.0 Å². The van der Waals surface area contributed by atoms with Crippen molar-refractivity contribution in [1.82, 2.24) is 5.32 Å². The Hall–Kier alpha value is -1.13. The van der Waals surface area contributed by atoms with Gasteiger partial charge in [0.05, 0.1) is 6.61 Å². The molecule has 0 bridgehead atoms. The van der Waals surface area contributed by atoms with Crippen LogP contribution in [-0.2, 0) is 4.74 Å². The van der Waals surface area contributed by atoms with Gasteiger partial charge in [-0.05, 0) is 36.8 Å². The summed E-state index contributed by atoms with van der Waals surface area (Å²) in [4.78, 5) is 1.96. The standard InChI is InChI=1S/C12H18N2OS/c1-10-5-4-6-11(9-10)14(2)12(16)13-7-8-15-3/h4-6,9H,7-8H2,1-3H3,(H,13,16). The largest absolute Gasteiger partial charge is 0.383 e. The van der Waals surface area contributed by atoms with Crippen molar-refractivity contribution in [1.29, 1.82) is 0 Å². The van der Waals surface area contributed by atoms with E-state index in [-0.39, 0.29) is 0 Å². The predicted molar refractivity (Wildman–Crippen MR) is 72.1 cm³/mol. The molecule has 1 aromatic rings. The van der Waals surface area contributed by atoms with Crippen LogP contribution >= 0.6 is 12.2 Å². The molecule has 1 aromatic carbocycles. The summed E-state index contributed by atoms with van der Waals surface area (Å²) in [5, 5.41) is 3.84. The summed E-state index contributed by atoms with van der Waals surface area (Å²) in [6, 6.07) is 8.24. The topological polar surface area (TPSA) is 24.5 Å². The number of hydrogen-bond donors (Lipinski definition) is 1. The highest BCUT2D eigenvalue weighted by Crippen LogP contribution is 2.14. The summed E-state index contributed by atoms with van der Waals surface area (Å²) in [6.07, 6.45) is 0. The average molecular weight is 238 g/mol. The van der Waals surface area contributed by atoms with Gasteiger partial charge in [-0.2, -0.15) is 0 Å². The van der Waals surface area contributed by atoms with E-state index in [4.69, 9.17) is 17.0 Å². The zero-order chi connectivity index (χ0) is 12.0. The molecule has 0 aliphatic rings. The first-order chi connectivity index (χ1) is 7.65. The fourth-order valence-electron chi connectivity index (χ4n) is 1.33. The van der Waals surface area contributed by atoms with Crippen molar-refractivity contribution in [3.63, 3.8) is 0 Å². The minimum Gasteiger partial charge on any atom is -0.383 e. The van der Waals surface area contributed by atoms with Crippen LogP contribution in [0.2, 0.25) is 0 Å². The van der Waals surface area contributed by atoms with E-state index in [1.165, 1.54) is 5.56 Å². The molecule has 0 saturated heterocycles. The lowest BCUT2D eigenvalue weighted by Gasteiger charge is -2.21. The van der Waals surface area contributed by atoms with E-state index < -0.39 is 0 Å². The van der Waals surface area contributed by atoms with E-state index in [0.717, 1.165) is 12.2 Å². The molecule has 4 heteroatoms. The number of methoxy groups -OCH3 is 1. The van der Waals surface area contributed by atoms with E-state index in [1.807, 2.05) is 24.1 Å². The molecule has 0 heterocycles. The summed E-state index contributed by atoms with van der Waals surface area (Å²) in [5.74, 6) is 0. The van der Waals surface area contributed by atoms with Crippen molar-refractivity contribution in [2.75, 3.05) is 32.2 Å². The first-order valence-corrected chi connectivity index (χ1v) is 5.63. The van der Waals surface area contributed by atoms with E-state index in [0.29, 0.717) is 11.7 Å². The Labute approximate surface area is 102 Å². The van der Waals surface area contributed by atoms with Gasteiger partial charge in [-0.1, -0.05) is 12.1 Å². The molecule has 0 spiro atoms. The molecule has 1 rings (SSSR count). The van der Waals surface area contributed by atoms with E-state index in [9.17, 15) is 0 Å². The van der Waals surface area contributed by atoms with Crippen molar-refractivity contribution in [2.45, 2.75) is 6.92 Å². The molecule has 3 nitrogen and oxygen atoms in total. The molecule has 88 valence electrons. The third-order valence-corrected chi connectivity index (χ3v) is 2.69. The molecule has 16 heavy (non-hydrogen) atoms. The molecule has 0 aliphatic carbocycles. The SMILES string of the molecule is COCCNC(=S)N(C)c1cccc(C)c1. The molecule has 0 fully saturated rings. The monoisotopic (exact) mass is 238 g/mol. The maximum atomic E-state index is 5.27. The second-order valence-corrected chi connectivity index (χ2v) is 4.01. The number of aryl methyl sites for hydroxylation is 1. The van der Waals surface area contributed by atoms with Crippen LogP contribution in [0.15, 0.2) is 24.3 Å².